The van der Waals surface area contributed by atoms with Gasteiger partial charge in [-0.3, -0.25) is 19.0 Å². The van der Waals surface area contributed by atoms with Gasteiger partial charge in [-0.05, 0) is 37.1 Å². The Labute approximate surface area is 180 Å². The van der Waals surface area contributed by atoms with Crippen molar-refractivity contribution >= 4 is 28.7 Å². The molecule has 0 saturated heterocycles. The molecule has 2 aromatic carbocycles. The van der Waals surface area contributed by atoms with Crippen molar-refractivity contribution in [3.8, 4) is 5.75 Å². The van der Waals surface area contributed by atoms with E-state index < -0.39 is 41.0 Å². The van der Waals surface area contributed by atoms with E-state index in [0.29, 0.717) is 0 Å². The van der Waals surface area contributed by atoms with Gasteiger partial charge in [0.2, 0.25) is 5.91 Å². The lowest BCUT2D eigenvalue weighted by molar-refractivity contribution is -0.136. The molecule has 1 heterocycles. The molecule has 0 radical (unpaired) electrons. The van der Waals surface area contributed by atoms with Gasteiger partial charge in [0, 0.05) is 35.7 Å². The predicted octanol–water partition coefficient (Wildman–Crippen LogP) is 3.28. The van der Waals surface area contributed by atoms with Crippen molar-refractivity contribution in [2.75, 3.05) is 6.54 Å². The normalized spacial score (nSPS) is 11.0. The SMILES string of the molecule is Cc1c(CCC(=O)NCCC(=O)O)c2c(F)c(O)c(F)cc2n1C(=O)c1cccc(F)c1. The zero-order valence-corrected chi connectivity index (χ0v) is 16.9. The van der Waals surface area contributed by atoms with Gasteiger partial charge in [-0.2, -0.15) is 0 Å². The number of carbonyl (C=O) groups excluding carboxylic acids is 2. The van der Waals surface area contributed by atoms with Gasteiger partial charge < -0.3 is 15.5 Å². The highest BCUT2D eigenvalue weighted by atomic mass is 19.1. The monoisotopic (exact) mass is 448 g/mol. The molecule has 1 amide bonds. The lowest BCUT2D eigenvalue weighted by Crippen LogP contribution is -2.26. The Morgan fingerprint density at radius 2 is 1.81 bits per heavy atom. The Morgan fingerprint density at radius 1 is 1.09 bits per heavy atom. The number of benzene rings is 2. The first-order valence-electron chi connectivity index (χ1n) is 9.61. The molecule has 0 aliphatic heterocycles. The van der Waals surface area contributed by atoms with Crippen molar-refractivity contribution in [3.05, 3.63) is 64.6 Å². The number of hydrogen-bond acceptors (Lipinski definition) is 4. The largest absolute Gasteiger partial charge is 0.503 e. The van der Waals surface area contributed by atoms with Crippen molar-refractivity contribution in [3.63, 3.8) is 0 Å². The smallest absolute Gasteiger partial charge is 0.305 e. The van der Waals surface area contributed by atoms with Gasteiger partial charge in [0.25, 0.3) is 5.91 Å². The molecular weight excluding hydrogens is 429 g/mol. The number of halogens is 3. The van der Waals surface area contributed by atoms with Gasteiger partial charge >= 0.3 is 5.97 Å². The number of aliphatic carboxylic acids is 1. The molecule has 0 fully saturated rings. The molecule has 0 saturated carbocycles. The highest BCUT2D eigenvalue weighted by Crippen LogP contribution is 2.35. The lowest BCUT2D eigenvalue weighted by Gasteiger charge is -2.08. The number of carboxylic acid groups (broad SMARTS) is 1. The average molecular weight is 448 g/mol. The molecule has 3 N–H and O–H groups in total. The fourth-order valence-corrected chi connectivity index (χ4v) is 3.51. The molecule has 0 aliphatic carbocycles. The number of rotatable bonds is 7. The molecule has 0 atom stereocenters. The van der Waals surface area contributed by atoms with Gasteiger partial charge in [0.05, 0.1) is 11.9 Å². The summed E-state index contributed by atoms with van der Waals surface area (Å²) in [7, 11) is 0. The number of phenolic OH excluding ortho intramolecular Hbond substituents is 1. The second kappa shape index (κ2) is 9.13. The highest BCUT2D eigenvalue weighted by Gasteiger charge is 2.26. The van der Waals surface area contributed by atoms with Crippen LogP contribution in [0.4, 0.5) is 13.2 Å². The van der Waals surface area contributed by atoms with Gasteiger partial charge in [0.15, 0.2) is 17.4 Å². The molecule has 7 nitrogen and oxygen atoms in total. The van der Waals surface area contributed by atoms with Crippen molar-refractivity contribution < 1.29 is 37.8 Å². The van der Waals surface area contributed by atoms with E-state index in [-0.39, 0.29) is 53.5 Å². The fraction of sp³-hybridized carbons (Fsp3) is 0.227. The first-order chi connectivity index (χ1) is 15.1. The van der Waals surface area contributed by atoms with Crippen molar-refractivity contribution in [1.82, 2.24) is 9.88 Å². The van der Waals surface area contributed by atoms with Crippen LogP contribution in [0.3, 0.4) is 0 Å². The van der Waals surface area contributed by atoms with Crippen LogP contribution in [0.15, 0.2) is 30.3 Å². The number of carboxylic acids is 1. The van der Waals surface area contributed by atoms with Crippen LogP contribution in [-0.4, -0.2) is 39.1 Å². The van der Waals surface area contributed by atoms with Crippen LogP contribution in [0.1, 0.15) is 34.5 Å². The van der Waals surface area contributed by atoms with Crippen LogP contribution < -0.4 is 5.32 Å². The summed E-state index contributed by atoms with van der Waals surface area (Å²) in [6.45, 7) is 1.37. The summed E-state index contributed by atoms with van der Waals surface area (Å²) in [6.07, 6.45) is -0.522. The Kier molecular flexibility index (Phi) is 6.52. The Balaban J connectivity index is 2.04. The van der Waals surface area contributed by atoms with E-state index in [9.17, 15) is 32.7 Å². The van der Waals surface area contributed by atoms with Crippen LogP contribution in [0.25, 0.3) is 10.9 Å². The molecule has 0 spiro atoms. The van der Waals surface area contributed by atoms with E-state index in [1.807, 2.05) is 0 Å². The molecular formula is C22H19F3N2O5. The maximum atomic E-state index is 14.8. The zero-order valence-electron chi connectivity index (χ0n) is 16.9. The summed E-state index contributed by atoms with van der Waals surface area (Å²) < 4.78 is 43.5. The van der Waals surface area contributed by atoms with Crippen LogP contribution in [-0.2, 0) is 16.0 Å². The van der Waals surface area contributed by atoms with Crippen molar-refractivity contribution in [2.45, 2.75) is 26.2 Å². The number of hydrogen-bond donors (Lipinski definition) is 3. The number of aryl methyl sites for hydroxylation is 1. The van der Waals surface area contributed by atoms with E-state index in [2.05, 4.69) is 5.32 Å². The van der Waals surface area contributed by atoms with Gasteiger partial charge in [-0.15, -0.1) is 0 Å². The summed E-state index contributed by atoms with van der Waals surface area (Å²) in [6, 6.07) is 5.59. The van der Waals surface area contributed by atoms with Crippen molar-refractivity contribution in [2.24, 2.45) is 0 Å². The fourth-order valence-electron chi connectivity index (χ4n) is 3.51. The van der Waals surface area contributed by atoms with Gasteiger partial charge in [0.1, 0.15) is 5.82 Å². The number of phenols is 1. The van der Waals surface area contributed by atoms with E-state index in [4.69, 9.17) is 5.11 Å². The molecule has 3 rings (SSSR count). The van der Waals surface area contributed by atoms with Crippen LogP contribution in [0, 0.1) is 24.4 Å². The topological polar surface area (TPSA) is 109 Å². The maximum Gasteiger partial charge on any atom is 0.305 e. The summed E-state index contributed by atoms with van der Waals surface area (Å²) >= 11 is 0. The minimum absolute atomic E-state index is 0.0585. The van der Waals surface area contributed by atoms with Crippen LogP contribution in [0.5, 0.6) is 5.75 Å². The van der Waals surface area contributed by atoms with E-state index >= 15 is 0 Å². The van der Waals surface area contributed by atoms with Gasteiger partial charge in [-0.25, -0.2) is 13.2 Å². The van der Waals surface area contributed by atoms with Crippen LogP contribution in [0.2, 0.25) is 0 Å². The zero-order chi connectivity index (χ0) is 23.6. The number of fused-ring (bicyclic) bond motifs is 1. The minimum Gasteiger partial charge on any atom is -0.503 e. The summed E-state index contributed by atoms with van der Waals surface area (Å²) in [5.41, 5.74) is 0.144. The van der Waals surface area contributed by atoms with E-state index in [0.717, 1.165) is 22.8 Å². The number of aromatic nitrogens is 1. The number of nitrogens with zero attached hydrogens (tertiary/aromatic N) is 1. The summed E-state index contributed by atoms with van der Waals surface area (Å²) in [5, 5.41) is 20.5. The first-order valence-corrected chi connectivity index (χ1v) is 9.61. The third kappa shape index (κ3) is 4.43. The molecule has 32 heavy (non-hydrogen) atoms. The summed E-state index contributed by atoms with van der Waals surface area (Å²) in [5.74, 6) is -6.78. The van der Waals surface area contributed by atoms with E-state index in [1.54, 1.807) is 0 Å². The minimum atomic E-state index is -1.28. The Bertz CT molecular complexity index is 1240. The average Bonchev–Trinajstić information content (AvgIpc) is 3.00. The number of carbonyl (C=O) groups is 3. The standard InChI is InChI=1S/C22H19F3N2O5/c1-11-14(5-6-17(28)26-8-7-18(29)30)19-16(10-15(24)21(31)20(19)25)27(11)22(32)12-3-2-4-13(23)9-12/h2-4,9-10,31H,5-8H2,1H3,(H,26,28)(H,29,30). The Hall–Kier alpha value is -3.82. The van der Waals surface area contributed by atoms with E-state index in [1.165, 1.54) is 19.1 Å². The molecule has 1 aromatic heterocycles. The van der Waals surface area contributed by atoms with Crippen LogP contribution >= 0.6 is 0 Å². The second-order valence-electron chi connectivity index (χ2n) is 7.12. The number of aromatic hydroxyl groups is 1. The highest BCUT2D eigenvalue weighted by molar-refractivity contribution is 6.04. The quantitative estimate of drug-likeness (QED) is 0.514. The maximum absolute atomic E-state index is 14.8. The van der Waals surface area contributed by atoms with Crippen molar-refractivity contribution in [1.29, 1.82) is 0 Å². The molecule has 3 aromatic rings. The molecule has 0 unspecified atom stereocenters. The predicted molar refractivity (Wildman–Crippen MR) is 108 cm³/mol. The molecule has 0 bridgehead atoms. The molecule has 10 heteroatoms. The lowest BCUT2D eigenvalue weighted by atomic mass is 10.0. The third-order valence-corrected chi connectivity index (χ3v) is 5.03. The Morgan fingerprint density at radius 3 is 2.47 bits per heavy atom. The molecule has 168 valence electrons. The number of amides is 1. The first kappa shape index (κ1) is 22.9. The third-order valence-electron chi connectivity index (χ3n) is 5.03. The second-order valence-corrected chi connectivity index (χ2v) is 7.12. The number of nitrogens with one attached hydrogen (secondary N) is 1. The summed E-state index contributed by atoms with van der Waals surface area (Å²) in [4.78, 5) is 35.6. The van der Waals surface area contributed by atoms with Gasteiger partial charge in [-0.1, -0.05) is 6.07 Å². The molecule has 0 aliphatic rings.